The van der Waals surface area contributed by atoms with Gasteiger partial charge in [0.15, 0.2) is 0 Å². The summed E-state index contributed by atoms with van der Waals surface area (Å²) in [6.45, 7) is 7.47. The lowest BCUT2D eigenvalue weighted by Crippen LogP contribution is -2.52. The molecule has 204 valence electrons. The molecule has 2 aromatic carbocycles. The topological polar surface area (TPSA) is 74.2 Å². The van der Waals surface area contributed by atoms with E-state index in [0.29, 0.717) is 26.2 Å². The molecule has 0 N–H and O–H groups in total. The molecule has 3 aliphatic rings. The van der Waals surface area contributed by atoms with Crippen LogP contribution in [0.5, 0.6) is 5.75 Å². The van der Waals surface area contributed by atoms with Crippen molar-refractivity contribution in [1.29, 1.82) is 0 Å². The first-order valence-corrected chi connectivity index (χ1v) is 13.9. The zero-order chi connectivity index (χ0) is 26.6. The number of benzene rings is 2. The molecule has 39 heavy (non-hydrogen) atoms. The number of ether oxygens (including phenoxy) is 1. The number of amides is 2. The normalized spacial score (nSPS) is 18.5. The van der Waals surface area contributed by atoms with Crippen molar-refractivity contribution in [2.45, 2.75) is 25.4 Å². The van der Waals surface area contributed by atoms with Crippen molar-refractivity contribution in [2.75, 3.05) is 63.9 Å². The summed E-state index contributed by atoms with van der Waals surface area (Å²) in [6.07, 6.45) is 6.23. The van der Waals surface area contributed by atoms with E-state index < -0.39 is 6.04 Å². The number of anilines is 1. The molecule has 9 heteroatoms. The highest BCUT2D eigenvalue weighted by molar-refractivity contribution is 5.87. The van der Waals surface area contributed by atoms with Gasteiger partial charge in [0.25, 0.3) is 0 Å². The maximum absolute atomic E-state index is 13.7. The van der Waals surface area contributed by atoms with E-state index in [2.05, 4.69) is 45.1 Å². The minimum atomic E-state index is -0.574. The summed E-state index contributed by atoms with van der Waals surface area (Å²) in [6, 6.07) is 16.2. The van der Waals surface area contributed by atoms with Crippen LogP contribution in [0.4, 0.5) is 5.69 Å². The van der Waals surface area contributed by atoms with E-state index in [9.17, 15) is 9.59 Å². The largest absolute Gasteiger partial charge is 0.493 e. The third-order valence-corrected chi connectivity index (χ3v) is 8.14. The van der Waals surface area contributed by atoms with Crippen LogP contribution in [-0.2, 0) is 22.6 Å². The molecule has 2 amide bonds. The van der Waals surface area contributed by atoms with Crippen LogP contribution in [0.25, 0.3) is 0 Å². The molecule has 6 rings (SSSR count). The molecule has 0 bridgehead atoms. The Hall–Kier alpha value is -3.85. The molecule has 2 fully saturated rings. The first-order chi connectivity index (χ1) is 19.1. The highest BCUT2D eigenvalue weighted by Crippen LogP contribution is 2.27. The highest BCUT2D eigenvalue weighted by Gasteiger charge is 2.32. The van der Waals surface area contributed by atoms with E-state index in [-0.39, 0.29) is 18.2 Å². The average Bonchev–Trinajstić information content (AvgIpc) is 3.69. The van der Waals surface area contributed by atoms with E-state index >= 15 is 0 Å². The van der Waals surface area contributed by atoms with Gasteiger partial charge in [-0.3, -0.25) is 14.5 Å². The maximum Gasteiger partial charge on any atom is 0.246 e. The van der Waals surface area contributed by atoms with E-state index in [0.717, 1.165) is 51.5 Å². The monoisotopic (exact) mass is 528 g/mol. The van der Waals surface area contributed by atoms with Crippen LogP contribution >= 0.6 is 0 Å². The van der Waals surface area contributed by atoms with Crippen molar-refractivity contribution in [2.24, 2.45) is 0 Å². The van der Waals surface area contributed by atoms with Crippen LogP contribution in [0.1, 0.15) is 23.6 Å². The van der Waals surface area contributed by atoms with Crippen LogP contribution in [0.15, 0.2) is 67.3 Å². The Morgan fingerprint density at radius 2 is 1.67 bits per heavy atom. The number of aromatic nitrogens is 2. The summed E-state index contributed by atoms with van der Waals surface area (Å²) in [7, 11) is 0. The fourth-order valence-corrected chi connectivity index (χ4v) is 5.85. The van der Waals surface area contributed by atoms with Crippen LogP contribution in [-0.4, -0.2) is 95.0 Å². The van der Waals surface area contributed by atoms with E-state index in [1.165, 1.54) is 16.8 Å². The molecule has 4 heterocycles. The molecule has 9 nitrogen and oxygen atoms in total. The summed E-state index contributed by atoms with van der Waals surface area (Å²) in [5.74, 6) is 1.03. The third-order valence-electron chi connectivity index (χ3n) is 8.14. The Bertz CT molecular complexity index is 1270. The first kappa shape index (κ1) is 25.4. The molecule has 0 unspecified atom stereocenters. The summed E-state index contributed by atoms with van der Waals surface area (Å²) < 4.78 is 7.42. The first-order valence-electron chi connectivity index (χ1n) is 13.9. The number of hydrogen-bond acceptors (Lipinski definition) is 6. The van der Waals surface area contributed by atoms with Crippen LogP contribution in [0, 0.1) is 0 Å². The second-order valence-electron chi connectivity index (χ2n) is 10.6. The van der Waals surface area contributed by atoms with E-state index in [1.807, 2.05) is 28.0 Å². The van der Waals surface area contributed by atoms with E-state index in [4.69, 9.17) is 4.74 Å². The summed E-state index contributed by atoms with van der Waals surface area (Å²) in [4.78, 5) is 39.7. The van der Waals surface area contributed by atoms with Gasteiger partial charge in [-0.25, -0.2) is 4.98 Å². The third kappa shape index (κ3) is 5.78. The number of rotatable bonds is 7. The zero-order valence-corrected chi connectivity index (χ0v) is 22.3. The van der Waals surface area contributed by atoms with Crippen LogP contribution < -0.4 is 9.64 Å². The van der Waals surface area contributed by atoms with Gasteiger partial charge in [-0.1, -0.05) is 30.3 Å². The fraction of sp³-hybridized carbons (Fsp3) is 0.433. The standard InChI is InChI=1S/C30H36N6O3/c37-29(34-13-11-32(12-14-34)22-24-6-7-28-25(20-24)8-19-39-28)21-27(36-10-9-31-23-36)30(38)35-17-15-33(16-18-35)26-4-2-1-3-5-26/h1-7,9-10,20,23,27H,8,11-19,21-22H2/t27-/m0/s1. The van der Waals surface area contributed by atoms with Gasteiger partial charge in [-0.05, 0) is 29.3 Å². The van der Waals surface area contributed by atoms with Gasteiger partial charge >= 0.3 is 0 Å². The summed E-state index contributed by atoms with van der Waals surface area (Å²) >= 11 is 0. The Balaban J connectivity index is 1.03. The molecular formula is C30H36N6O3. The van der Waals surface area contributed by atoms with Gasteiger partial charge in [-0.15, -0.1) is 0 Å². The SMILES string of the molecule is O=C(C[C@@H](C(=O)N1CCN(c2ccccc2)CC1)n1ccnc1)N1CCN(Cc2ccc3c(c2)CCO3)CC1. The van der Waals surface area contributed by atoms with Gasteiger partial charge in [-0.2, -0.15) is 0 Å². The Labute approximate surface area is 229 Å². The molecule has 3 aromatic rings. The molecule has 0 spiro atoms. The molecule has 0 aliphatic carbocycles. The minimum absolute atomic E-state index is 0.00622. The van der Waals surface area contributed by atoms with Crippen molar-refractivity contribution in [3.63, 3.8) is 0 Å². The van der Waals surface area contributed by atoms with Gasteiger partial charge in [0.2, 0.25) is 11.8 Å². The Morgan fingerprint density at radius 1 is 0.897 bits per heavy atom. The number of piperazine rings is 2. The van der Waals surface area contributed by atoms with Gasteiger partial charge in [0.05, 0.1) is 19.4 Å². The lowest BCUT2D eigenvalue weighted by molar-refractivity contribution is -0.141. The molecule has 3 aliphatic heterocycles. The van der Waals surface area contributed by atoms with E-state index in [1.54, 1.807) is 23.3 Å². The van der Waals surface area contributed by atoms with Crippen molar-refractivity contribution in [3.05, 3.63) is 78.4 Å². The molecule has 0 radical (unpaired) electrons. The number of para-hydroxylation sites is 1. The molecule has 2 saturated heterocycles. The quantitative estimate of drug-likeness (QED) is 0.469. The van der Waals surface area contributed by atoms with Crippen molar-refractivity contribution in [1.82, 2.24) is 24.3 Å². The number of carbonyl (C=O) groups excluding carboxylic acids is 2. The predicted molar refractivity (Wildman–Crippen MR) is 149 cm³/mol. The smallest absolute Gasteiger partial charge is 0.246 e. The molecule has 1 aromatic heterocycles. The van der Waals surface area contributed by atoms with Gasteiger partial charge in [0.1, 0.15) is 11.8 Å². The second kappa shape index (κ2) is 11.5. The number of fused-ring (bicyclic) bond motifs is 1. The van der Waals surface area contributed by atoms with Crippen molar-refractivity contribution >= 4 is 17.5 Å². The molecule has 1 atom stereocenters. The summed E-state index contributed by atoms with van der Waals surface area (Å²) in [5.41, 5.74) is 3.76. The lowest BCUT2D eigenvalue weighted by Gasteiger charge is -2.38. The fourth-order valence-electron chi connectivity index (χ4n) is 5.85. The Morgan fingerprint density at radius 3 is 2.41 bits per heavy atom. The second-order valence-corrected chi connectivity index (χ2v) is 10.6. The minimum Gasteiger partial charge on any atom is -0.493 e. The number of nitrogens with zero attached hydrogens (tertiary/aromatic N) is 6. The van der Waals surface area contributed by atoms with Crippen LogP contribution in [0.2, 0.25) is 0 Å². The lowest BCUT2D eigenvalue weighted by atomic mass is 10.1. The van der Waals surface area contributed by atoms with Gasteiger partial charge < -0.3 is 24.0 Å². The number of carbonyl (C=O) groups is 2. The highest BCUT2D eigenvalue weighted by atomic mass is 16.5. The van der Waals surface area contributed by atoms with Crippen LogP contribution in [0.3, 0.4) is 0 Å². The molecular weight excluding hydrogens is 492 g/mol. The maximum atomic E-state index is 13.7. The average molecular weight is 529 g/mol. The zero-order valence-electron chi connectivity index (χ0n) is 22.3. The van der Waals surface area contributed by atoms with Gasteiger partial charge in [0, 0.05) is 83.4 Å². The number of imidazole rings is 1. The Kier molecular flexibility index (Phi) is 7.49. The van der Waals surface area contributed by atoms with Crippen molar-refractivity contribution < 1.29 is 14.3 Å². The predicted octanol–water partition coefficient (Wildman–Crippen LogP) is 2.44. The molecule has 0 saturated carbocycles. The summed E-state index contributed by atoms with van der Waals surface area (Å²) in [5, 5.41) is 0. The number of hydrogen-bond donors (Lipinski definition) is 0. The van der Waals surface area contributed by atoms with Crippen molar-refractivity contribution in [3.8, 4) is 5.75 Å².